The highest BCUT2D eigenvalue weighted by molar-refractivity contribution is 5.99. The van der Waals surface area contributed by atoms with E-state index >= 15 is 0 Å². The maximum atomic E-state index is 12.3. The number of hydrogen-bond acceptors (Lipinski definition) is 5. The van der Waals surface area contributed by atoms with Crippen molar-refractivity contribution in [3.8, 4) is 17.6 Å². The van der Waals surface area contributed by atoms with Crippen LogP contribution in [-0.4, -0.2) is 25.9 Å². The first-order valence-electron chi connectivity index (χ1n) is 7.26. The van der Waals surface area contributed by atoms with Crippen molar-refractivity contribution in [2.45, 2.75) is 6.54 Å². The molecule has 0 unspecified atom stereocenters. The average Bonchev–Trinajstić information content (AvgIpc) is 2.63. The van der Waals surface area contributed by atoms with Gasteiger partial charge in [-0.25, -0.2) is 0 Å². The van der Waals surface area contributed by atoms with Crippen LogP contribution in [0.4, 0.5) is 5.69 Å². The number of ether oxygens (including phenoxy) is 2. The van der Waals surface area contributed by atoms with Gasteiger partial charge >= 0.3 is 0 Å². The van der Waals surface area contributed by atoms with E-state index in [9.17, 15) is 14.9 Å². The molecular weight excluding hydrogens is 308 g/mol. The zero-order valence-electron chi connectivity index (χ0n) is 13.0. The van der Waals surface area contributed by atoms with Gasteiger partial charge in [0.25, 0.3) is 5.91 Å². The Bertz CT molecular complexity index is 855. The van der Waals surface area contributed by atoms with E-state index in [-0.39, 0.29) is 19.1 Å². The van der Waals surface area contributed by atoms with Crippen LogP contribution in [-0.2, 0) is 11.3 Å². The Kier molecular flexibility index (Phi) is 4.17. The van der Waals surface area contributed by atoms with Gasteiger partial charge < -0.3 is 14.4 Å². The largest absolute Gasteiger partial charge is 0.493 e. The number of carbonyl (C=O) groups excluding carboxylic acids is 2. The van der Waals surface area contributed by atoms with Crippen molar-refractivity contribution in [3.63, 3.8) is 0 Å². The predicted molar refractivity (Wildman–Crippen MR) is 86.2 cm³/mol. The number of aldehydes is 1. The van der Waals surface area contributed by atoms with Crippen molar-refractivity contribution in [1.29, 1.82) is 5.26 Å². The first kappa shape index (κ1) is 15.6. The third-order valence-corrected chi connectivity index (χ3v) is 3.81. The fraction of sp³-hybridized carbons (Fsp3) is 0.167. The maximum Gasteiger partial charge on any atom is 0.265 e. The van der Waals surface area contributed by atoms with Crippen LogP contribution in [0.5, 0.6) is 11.5 Å². The van der Waals surface area contributed by atoms with Crippen LogP contribution in [0.25, 0.3) is 0 Å². The summed E-state index contributed by atoms with van der Waals surface area (Å²) in [5.41, 5.74) is 2.05. The summed E-state index contributed by atoms with van der Waals surface area (Å²) in [6, 6.07) is 12.3. The van der Waals surface area contributed by atoms with Crippen molar-refractivity contribution in [2.24, 2.45) is 0 Å². The molecule has 0 aliphatic carbocycles. The molecule has 0 spiro atoms. The first-order chi connectivity index (χ1) is 11.7. The van der Waals surface area contributed by atoms with E-state index < -0.39 is 0 Å². The van der Waals surface area contributed by atoms with Crippen LogP contribution in [0.2, 0.25) is 0 Å². The van der Waals surface area contributed by atoms with Gasteiger partial charge in [-0.2, -0.15) is 5.26 Å². The minimum absolute atomic E-state index is 0.126. The van der Waals surface area contributed by atoms with Gasteiger partial charge in [0.2, 0.25) is 0 Å². The Labute approximate surface area is 138 Å². The molecule has 24 heavy (non-hydrogen) atoms. The molecule has 2 aromatic rings. The number of anilines is 1. The number of amides is 1. The van der Waals surface area contributed by atoms with Crippen molar-refractivity contribution in [3.05, 3.63) is 53.1 Å². The fourth-order valence-corrected chi connectivity index (χ4v) is 2.63. The van der Waals surface area contributed by atoms with Gasteiger partial charge in [-0.05, 0) is 23.8 Å². The zero-order chi connectivity index (χ0) is 17.1. The topological polar surface area (TPSA) is 79.6 Å². The molecule has 0 aromatic heterocycles. The average molecular weight is 322 g/mol. The first-order valence-corrected chi connectivity index (χ1v) is 7.26. The highest BCUT2D eigenvalue weighted by Crippen LogP contribution is 2.41. The molecule has 0 N–H and O–H groups in total. The molecule has 1 aliphatic rings. The lowest BCUT2D eigenvalue weighted by atomic mass is 10.1. The van der Waals surface area contributed by atoms with Crippen molar-refractivity contribution in [2.75, 3.05) is 18.6 Å². The van der Waals surface area contributed by atoms with Crippen molar-refractivity contribution in [1.82, 2.24) is 0 Å². The van der Waals surface area contributed by atoms with E-state index in [0.29, 0.717) is 34.6 Å². The fourth-order valence-electron chi connectivity index (χ4n) is 2.63. The monoisotopic (exact) mass is 322 g/mol. The third-order valence-electron chi connectivity index (χ3n) is 3.81. The summed E-state index contributed by atoms with van der Waals surface area (Å²) in [4.78, 5) is 25.0. The normalized spacial score (nSPS) is 12.8. The maximum absolute atomic E-state index is 12.3. The number of rotatable bonds is 4. The Morgan fingerprint density at radius 2 is 2.17 bits per heavy atom. The molecule has 1 heterocycles. The molecule has 0 atom stereocenters. The molecular formula is C18H14N2O4. The minimum Gasteiger partial charge on any atom is -0.493 e. The molecule has 6 heteroatoms. The number of benzene rings is 2. The van der Waals surface area contributed by atoms with Gasteiger partial charge in [0, 0.05) is 5.56 Å². The smallest absolute Gasteiger partial charge is 0.265 e. The van der Waals surface area contributed by atoms with Gasteiger partial charge in [-0.3, -0.25) is 9.59 Å². The lowest BCUT2D eigenvalue weighted by molar-refractivity contribution is -0.121. The summed E-state index contributed by atoms with van der Waals surface area (Å²) in [6.07, 6.45) is 0.684. The van der Waals surface area contributed by atoms with Gasteiger partial charge in [0.15, 0.2) is 18.1 Å². The Morgan fingerprint density at radius 1 is 1.38 bits per heavy atom. The Morgan fingerprint density at radius 3 is 2.88 bits per heavy atom. The highest BCUT2D eigenvalue weighted by Gasteiger charge is 2.29. The molecule has 0 saturated heterocycles. The van der Waals surface area contributed by atoms with E-state index in [0.717, 1.165) is 5.56 Å². The number of methoxy groups -OCH3 is 1. The van der Waals surface area contributed by atoms with Crippen LogP contribution >= 0.6 is 0 Å². The number of nitrogens with zero attached hydrogens (tertiary/aromatic N) is 2. The van der Waals surface area contributed by atoms with E-state index in [2.05, 4.69) is 6.07 Å². The van der Waals surface area contributed by atoms with E-state index in [1.807, 2.05) is 6.07 Å². The summed E-state index contributed by atoms with van der Waals surface area (Å²) in [6.45, 7) is 0.0862. The molecule has 1 aliphatic heterocycles. The molecule has 2 aromatic carbocycles. The van der Waals surface area contributed by atoms with Gasteiger partial charge in [-0.1, -0.05) is 18.2 Å². The molecule has 0 saturated carbocycles. The molecule has 120 valence electrons. The second kappa shape index (κ2) is 6.42. The lowest BCUT2D eigenvalue weighted by Crippen LogP contribution is -2.38. The number of carbonyl (C=O) groups is 2. The second-order valence-electron chi connectivity index (χ2n) is 5.23. The molecule has 0 fully saturated rings. The van der Waals surface area contributed by atoms with Crippen LogP contribution in [0, 0.1) is 11.3 Å². The Hall–Kier alpha value is -3.33. The SMILES string of the molecule is COc1cc(C=O)cc2c1OCC(=O)N2Cc1ccccc1C#N. The van der Waals surface area contributed by atoms with Crippen LogP contribution in [0.15, 0.2) is 36.4 Å². The number of hydrogen-bond donors (Lipinski definition) is 0. The van der Waals surface area contributed by atoms with Crippen molar-refractivity contribution >= 4 is 17.9 Å². The second-order valence-corrected chi connectivity index (χ2v) is 5.23. The highest BCUT2D eigenvalue weighted by atomic mass is 16.5. The number of fused-ring (bicyclic) bond motifs is 1. The third kappa shape index (κ3) is 2.68. The molecule has 3 rings (SSSR count). The predicted octanol–water partition coefficient (Wildman–Crippen LogP) is 2.30. The minimum atomic E-state index is -0.250. The van der Waals surface area contributed by atoms with Crippen LogP contribution in [0.1, 0.15) is 21.5 Å². The zero-order valence-corrected chi connectivity index (χ0v) is 13.0. The summed E-state index contributed by atoms with van der Waals surface area (Å²) >= 11 is 0. The van der Waals surface area contributed by atoms with Crippen LogP contribution < -0.4 is 14.4 Å². The molecule has 6 nitrogen and oxygen atoms in total. The van der Waals surface area contributed by atoms with Gasteiger partial charge in [0.1, 0.15) is 6.29 Å². The van der Waals surface area contributed by atoms with E-state index in [1.54, 1.807) is 30.3 Å². The van der Waals surface area contributed by atoms with E-state index in [4.69, 9.17) is 9.47 Å². The summed E-state index contributed by atoms with van der Waals surface area (Å²) < 4.78 is 10.7. The lowest BCUT2D eigenvalue weighted by Gasteiger charge is -2.30. The van der Waals surface area contributed by atoms with Gasteiger partial charge in [0.05, 0.1) is 31.0 Å². The molecule has 1 amide bonds. The summed E-state index contributed by atoms with van der Waals surface area (Å²) in [7, 11) is 1.47. The Balaban J connectivity index is 2.08. The number of nitriles is 1. The molecule has 0 radical (unpaired) electrons. The van der Waals surface area contributed by atoms with Crippen LogP contribution in [0.3, 0.4) is 0 Å². The summed E-state index contributed by atoms with van der Waals surface area (Å²) in [5, 5.41) is 9.23. The van der Waals surface area contributed by atoms with Crippen molar-refractivity contribution < 1.29 is 19.1 Å². The van der Waals surface area contributed by atoms with Gasteiger partial charge in [-0.15, -0.1) is 0 Å². The quantitative estimate of drug-likeness (QED) is 0.807. The van der Waals surface area contributed by atoms with E-state index in [1.165, 1.54) is 12.0 Å². The standard InChI is InChI=1S/C18H14N2O4/c1-23-16-7-12(10-21)6-15-18(16)24-11-17(22)20(15)9-14-5-3-2-4-13(14)8-19/h2-7,10H,9,11H2,1H3. The summed E-state index contributed by atoms with van der Waals surface area (Å²) in [5.74, 6) is 0.554. The molecule has 0 bridgehead atoms.